The SMILES string of the molecule is CC(CCCCF)CCCCCCCCCC1c2ccc(O)cc2SC[C@]1(C)c1ccc(O)cc1. The van der Waals surface area contributed by atoms with Crippen LogP contribution < -0.4 is 0 Å². The maximum absolute atomic E-state index is 12.2. The molecule has 2 aromatic carbocycles. The van der Waals surface area contributed by atoms with Gasteiger partial charge in [-0.2, -0.15) is 0 Å². The molecule has 3 rings (SSSR count). The molecular weight excluding hydrogens is 455 g/mol. The standard InChI is InChI=1S/C31H45FO2S/c1-24(13-10-11-21-32)12-8-6-4-3-5-7-9-14-29-28-20-19-27(34)22-30(28)35-23-31(29,2)25-15-17-26(33)18-16-25/h15-20,22,24,29,33-34H,3-14,21,23H2,1-2H3/t24?,29?,31-/m1/s1. The second-order valence-electron chi connectivity index (χ2n) is 10.9. The Bertz CT molecular complexity index is 884. The summed E-state index contributed by atoms with van der Waals surface area (Å²) >= 11 is 1.84. The van der Waals surface area contributed by atoms with Gasteiger partial charge in [-0.05, 0) is 60.1 Å². The second kappa shape index (κ2) is 14.2. The summed E-state index contributed by atoms with van der Waals surface area (Å²) in [7, 11) is 0. The molecule has 2 nitrogen and oxygen atoms in total. The van der Waals surface area contributed by atoms with Crippen LogP contribution in [0.3, 0.4) is 0 Å². The zero-order chi connectivity index (χ0) is 25.1. The number of hydrogen-bond acceptors (Lipinski definition) is 3. The number of thioether (sulfide) groups is 1. The number of alkyl halides is 1. The molecule has 0 fully saturated rings. The van der Waals surface area contributed by atoms with E-state index in [-0.39, 0.29) is 12.1 Å². The van der Waals surface area contributed by atoms with E-state index >= 15 is 0 Å². The fourth-order valence-corrected chi connectivity index (χ4v) is 7.07. The highest BCUT2D eigenvalue weighted by Gasteiger charge is 2.41. The van der Waals surface area contributed by atoms with Gasteiger partial charge >= 0.3 is 0 Å². The molecular formula is C31H45FO2S. The Hall–Kier alpha value is -1.68. The van der Waals surface area contributed by atoms with Gasteiger partial charge in [-0.15, -0.1) is 11.8 Å². The van der Waals surface area contributed by atoms with Crippen LogP contribution >= 0.6 is 11.8 Å². The average Bonchev–Trinajstić information content (AvgIpc) is 2.84. The number of unbranched alkanes of at least 4 members (excludes halogenated alkanes) is 7. The minimum Gasteiger partial charge on any atom is -0.508 e. The van der Waals surface area contributed by atoms with E-state index in [2.05, 4.69) is 32.0 Å². The first-order valence-electron chi connectivity index (χ1n) is 13.7. The van der Waals surface area contributed by atoms with Crippen molar-refractivity contribution in [3.8, 4) is 11.5 Å². The Morgan fingerprint density at radius 3 is 2.14 bits per heavy atom. The van der Waals surface area contributed by atoms with E-state index in [0.717, 1.165) is 30.9 Å². The molecule has 4 heteroatoms. The number of halogens is 1. The zero-order valence-electron chi connectivity index (χ0n) is 21.8. The minimum atomic E-state index is -0.168. The van der Waals surface area contributed by atoms with Crippen molar-refractivity contribution in [1.82, 2.24) is 0 Å². The molecule has 1 aliphatic heterocycles. The number of benzene rings is 2. The number of phenols is 2. The van der Waals surface area contributed by atoms with E-state index in [1.165, 1.54) is 73.8 Å². The molecule has 35 heavy (non-hydrogen) atoms. The van der Waals surface area contributed by atoms with Gasteiger partial charge in [0.25, 0.3) is 0 Å². The van der Waals surface area contributed by atoms with Gasteiger partial charge < -0.3 is 10.2 Å². The van der Waals surface area contributed by atoms with Crippen molar-refractivity contribution in [3.63, 3.8) is 0 Å². The van der Waals surface area contributed by atoms with Crippen molar-refractivity contribution in [2.45, 2.75) is 107 Å². The molecule has 0 amide bonds. The Balaban J connectivity index is 1.46. The van der Waals surface area contributed by atoms with Gasteiger partial charge in [0.15, 0.2) is 0 Å². The number of aromatic hydroxyl groups is 2. The molecule has 2 unspecified atom stereocenters. The molecule has 194 valence electrons. The third-order valence-electron chi connectivity index (χ3n) is 7.97. The van der Waals surface area contributed by atoms with Gasteiger partial charge in [-0.25, -0.2) is 0 Å². The molecule has 0 spiro atoms. The van der Waals surface area contributed by atoms with Gasteiger partial charge in [-0.3, -0.25) is 4.39 Å². The average molecular weight is 501 g/mol. The van der Waals surface area contributed by atoms with Crippen LogP contribution in [0.2, 0.25) is 0 Å². The van der Waals surface area contributed by atoms with Crippen LogP contribution in [0.5, 0.6) is 11.5 Å². The van der Waals surface area contributed by atoms with Crippen LogP contribution in [-0.2, 0) is 5.41 Å². The number of fused-ring (bicyclic) bond motifs is 1. The quantitative estimate of drug-likeness (QED) is 0.239. The Kier molecular flexibility index (Phi) is 11.3. The molecule has 2 aromatic rings. The topological polar surface area (TPSA) is 40.5 Å². The fraction of sp³-hybridized carbons (Fsp3) is 0.613. The van der Waals surface area contributed by atoms with Gasteiger partial charge in [0.05, 0.1) is 6.67 Å². The van der Waals surface area contributed by atoms with Crippen LogP contribution in [0, 0.1) is 5.92 Å². The van der Waals surface area contributed by atoms with Crippen LogP contribution in [0.15, 0.2) is 47.4 Å². The van der Waals surface area contributed by atoms with Gasteiger partial charge in [0.2, 0.25) is 0 Å². The molecule has 0 saturated heterocycles. The fourth-order valence-electron chi connectivity index (χ4n) is 5.66. The van der Waals surface area contributed by atoms with Crippen molar-refractivity contribution >= 4 is 11.8 Å². The highest BCUT2D eigenvalue weighted by atomic mass is 32.2. The molecule has 0 aliphatic carbocycles. The highest BCUT2D eigenvalue weighted by molar-refractivity contribution is 7.99. The van der Waals surface area contributed by atoms with E-state index in [4.69, 9.17) is 0 Å². The lowest BCUT2D eigenvalue weighted by Crippen LogP contribution is -2.36. The highest BCUT2D eigenvalue weighted by Crippen LogP contribution is 2.52. The summed E-state index contributed by atoms with van der Waals surface area (Å²) < 4.78 is 12.2. The summed E-state index contributed by atoms with van der Waals surface area (Å²) in [6, 6.07) is 13.6. The maximum atomic E-state index is 12.2. The maximum Gasteiger partial charge on any atom is 0.116 e. The lowest BCUT2D eigenvalue weighted by atomic mass is 9.68. The summed E-state index contributed by atoms with van der Waals surface area (Å²) in [5, 5.41) is 19.8. The molecule has 2 N–H and O–H groups in total. The number of hydrogen-bond donors (Lipinski definition) is 2. The summed E-state index contributed by atoms with van der Waals surface area (Å²) in [6.07, 6.45) is 14.4. The van der Waals surface area contributed by atoms with E-state index in [9.17, 15) is 14.6 Å². The van der Waals surface area contributed by atoms with Crippen molar-refractivity contribution in [2.75, 3.05) is 12.4 Å². The Morgan fingerprint density at radius 1 is 0.857 bits per heavy atom. The molecule has 3 atom stereocenters. The van der Waals surface area contributed by atoms with Gasteiger partial charge in [0, 0.05) is 16.1 Å². The van der Waals surface area contributed by atoms with Gasteiger partial charge in [-0.1, -0.05) is 96.3 Å². The summed E-state index contributed by atoms with van der Waals surface area (Å²) in [4.78, 5) is 1.21. The van der Waals surface area contributed by atoms with E-state index in [1.807, 2.05) is 23.9 Å². The number of phenolic OH excluding ortho intramolecular Hbond substituents is 2. The van der Waals surface area contributed by atoms with E-state index < -0.39 is 0 Å². The second-order valence-corrected chi connectivity index (χ2v) is 11.9. The summed E-state index contributed by atoms with van der Waals surface area (Å²) in [6.45, 7) is 4.51. The van der Waals surface area contributed by atoms with Crippen LogP contribution in [0.4, 0.5) is 4.39 Å². The normalized spacial score (nSPS) is 20.5. The smallest absolute Gasteiger partial charge is 0.116 e. The lowest BCUT2D eigenvalue weighted by molar-refractivity contribution is 0.370. The van der Waals surface area contributed by atoms with Gasteiger partial charge in [0.1, 0.15) is 11.5 Å². The first kappa shape index (κ1) is 27.9. The summed E-state index contributed by atoms with van der Waals surface area (Å²) in [5.74, 6) is 2.78. The van der Waals surface area contributed by atoms with Crippen LogP contribution in [0.25, 0.3) is 0 Å². The minimum absolute atomic E-state index is 0.00321. The van der Waals surface area contributed by atoms with Crippen molar-refractivity contribution in [1.29, 1.82) is 0 Å². The predicted molar refractivity (Wildman–Crippen MR) is 148 cm³/mol. The van der Waals surface area contributed by atoms with Crippen molar-refractivity contribution in [3.05, 3.63) is 53.6 Å². The van der Waals surface area contributed by atoms with E-state index in [1.54, 1.807) is 12.1 Å². The third kappa shape index (κ3) is 8.17. The molecule has 1 aliphatic rings. The predicted octanol–water partition coefficient (Wildman–Crippen LogP) is 9.53. The van der Waals surface area contributed by atoms with Crippen molar-refractivity contribution < 1.29 is 14.6 Å². The molecule has 0 aromatic heterocycles. The van der Waals surface area contributed by atoms with Crippen LogP contribution in [-0.4, -0.2) is 22.6 Å². The Morgan fingerprint density at radius 2 is 1.46 bits per heavy atom. The zero-order valence-corrected chi connectivity index (χ0v) is 22.6. The first-order chi connectivity index (χ1) is 16.9. The molecule has 0 radical (unpaired) electrons. The largest absolute Gasteiger partial charge is 0.508 e. The first-order valence-corrected chi connectivity index (χ1v) is 14.7. The summed E-state index contributed by atoms with van der Waals surface area (Å²) in [5.41, 5.74) is 2.64. The third-order valence-corrected chi connectivity index (χ3v) is 9.37. The molecule has 0 saturated carbocycles. The van der Waals surface area contributed by atoms with E-state index in [0.29, 0.717) is 17.4 Å². The van der Waals surface area contributed by atoms with Crippen molar-refractivity contribution in [2.24, 2.45) is 5.92 Å². The molecule has 1 heterocycles. The monoisotopic (exact) mass is 500 g/mol. The van der Waals surface area contributed by atoms with Crippen LogP contribution in [0.1, 0.15) is 108 Å². The number of rotatable bonds is 15. The molecule has 0 bridgehead atoms. The lowest BCUT2D eigenvalue weighted by Gasteiger charge is -2.43. The Labute approximate surface area is 216 Å².